The van der Waals surface area contributed by atoms with Crippen LogP contribution in [-0.4, -0.2) is 10.2 Å². The second-order valence-corrected chi connectivity index (χ2v) is 3.00. The Morgan fingerprint density at radius 3 is 1.82 bits per heavy atom. The lowest BCUT2D eigenvalue weighted by molar-refractivity contribution is 1.04. The Balaban J connectivity index is 0. The van der Waals surface area contributed by atoms with Gasteiger partial charge in [0.2, 0.25) is 0 Å². The van der Waals surface area contributed by atoms with Crippen molar-refractivity contribution in [1.82, 2.24) is 10.2 Å². The molecule has 66 valence electrons. The van der Waals surface area contributed by atoms with E-state index in [0.29, 0.717) is 0 Å². The van der Waals surface area contributed by atoms with Crippen molar-refractivity contribution in [3.63, 3.8) is 0 Å². The van der Waals surface area contributed by atoms with E-state index < -0.39 is 0 Å². The van der Waals surface area contributed by atoms with Gasteiger partial charge in [-0.05, 0) is 19.1 Å². The van der Waals surface area contributed by atoms with E-state index in [1.54, 1.807) is 0 Å². The highest BCUT2D eigenvalue weighted by Crippen LogP contribution is 1.99. The van der Waals surface area contributed by atoms with Crippen LogP contribution in [0.25, 0.3) is 0 Å². The van der Waals surface area contributed by atoms with Gasteiger partial charge in [0.05, 0.1) is 0 Å². The standard InChI is InChI=1S/C3H4N2S2.2C2H6/c1-2-4-5-3(6)7-2;2*1-2/h1H3,(H,5,6);2*1-2H3. The van der Waals surface area contributed by atoms with Crippen LogP contribution in [0.3, 0.4) is 0 Å². The maximum absolute atomic E-state index is 4.73. The molecule has 4 heteroatoms. The number of hydrogen-bond donors (Lipinski definition) is 1. The van der Waals surface area contributed by atoms with Crippen molar-refractivity contribution < 1.29 is 0 Å². The van der Waals surface area contributed by atoms with Crippen LogP contribution in [0.15, 0.2) is 0 Å². The van der Waals surface area contributed by atoms with Gasteiger partial charge in [-0.25, -0.2) is 0 Å². The number of rotatable bonds is 0. The summed E-state index contributed by atoms with van der Waals surface area (Å²) in [6, 6.07) is 0. The van der Waals surface area contributed by atoms with Gasteiger partial charge >= 0.3 is 0 Å². The highest BCUT2D eigenvalue weighted by Gasteiger charge is 1.82. The molecule has 0 amide bonds. The molecule has 0 fully saturated rings. The van der Waals surface area contributed by atoms with E-state index in [-0.39, 0.29) is 0 Å². The Labute approximate surface area is 77.7 Å². The molecule has 0 bridgehead atoms. The molecule has 0 aliphatic rings. The Bertz CT molecular complexity index is 202. The minimum absolute atomic E-state index is 0.748. The van der Waals surface area contributed by atoms with Gasteiger partial charge in [-0.15, -0.1) is 0 Å². The van der Waals surface area contributed by atoms with Crippen LogP contribution < -0.4 is 0 Å². The summed E-state index contributed by atoms with van der Waals surface area (Å²) in [5, 5.41) is 7.45. The molecule has 2 nitrogen and oxygen atoms in total. The monoisotopic (exact) mass is 192 g/mol. The molecule has 1 N–H and O–H groups in total. The molecule has 1 aromatic rings. The summed E-state index contributed by atoms with van der Waals surface area (Å²) in [6.45, 7) is 9.91. The Morgan fingerprint density at radius 1 is 1.27 bits per heavy atom. The van der Waals surface area contributed by atoms with E-state index >= 15 is 0 Å². The van der Waals surface area contributed by atoms with Crippen molar-refractivity contribution in [2.75, 3.05) is 0 Å². The maximum atomic E-state index is 4.73. The third kappa shape index (κ3) is 7.68. The average molecular weight is 192 g/mol. The van der Waals surface area contributed by atoms with Gasteiger partial charge in [0.1, 0.15) is 5.01 Å². The van der Waals surface area contributed by atoms with E-state index in [1.165, 1.54) is 11.3 Å². The molecule has 0 spiro atoms. The molecule has 0 atom stereocenters. The molecule has 0 unspecified atom stereocenters. The van der Waals surface area contributed by atoms with Crippen molar-refractivity contribution in [2.45, 2.75) is 34.6 Å². The lowest BCUT2D eigenvalue weighted by Crippen LogP contribution is -1.65. The lowest BCUT2D eigenvalue weighted by Gasteiger charge is -1.63. The first kappa shape index (κ1) is 13.4. The predicted molar refractivity (Wildman–Crippen MR) is 54.7 cm³/mol. The first-order chi connectivity index (χ1) is 5.29. The summed E-state index contributed by atoms with van der Waals surface area (Å²) in [5.41, 5.74) is 0. The molecular weight excluding hydrogens is 176 g/mol. The number of aromatic nitrogens is 2. The van der Waals surface area contributed by atoms with Crippen LogP contribution in [0.1, 0.15) is 32.7 Å². The number of H-pyrrole nitrogens is 1. The molecule has 0 aromatic carbocycles. The molecule has 0 aliphatic heterocycles. The quantitative estimate of drug-likeness (QED) is 0.637. The summed E-state index contributed by atoms with van der Waals surface area (Å²) in [7, 11) is 0. The van der Waals surface area contributed by atoms with E-state index in [4.69, 9.17) is 12.2 Å². The van der Waals surface area contributed by atoms with Gasteiger partial charge in [0.15, 0.2) is 3.95 Å². The lowest BCUT2D eigenvalue weighted by atomic mass is 10.9. The predicted octanol–water partition coefficient (Wildman–Crippen LogP) is 3.56. The van der Waals surface area contributed by atoms with Gasteiger partial charge < -0.3 is 0 Å². The second kappa shape index (κ2) is 9.78. The number of nitrogens with zero attached hydrogens (tertiary/aromatic N) is 1. The number of aryl methyl sites for hydroxylation is 1. The highest BCUT2D eigenvalue weighted by atomic mass is 32.1. The van der Waals surface area contributed by atoms with Crippen molar-refractivity contribution in [1.29, 1.82) is 0 Å². The number of aromatic amines is 1. The molecule has 1 heterocycles. The third-order valence-electron chi connectivity index (χ3n) is 0.545. The largest absolute Gasteiger partial charge is 0.258 e. The number of nitrogens with one attached hydrogen (secondary N) is 1. The fraction of sp³-hybridized carbons (Fsp3) is 0.714. The topological polar surface area (TPSA) is 28.7 Å². The molecular formula is C7H16N2S2. The van der Waals surface area contributed by atoms with Gasteiger partial charge in [-0.2, -0.15) is 5.10 Å². The molecule has 0 saturated carbocycles. The average Bonchev–Trinajstić information content (AvgIpc) is 2.43. The van der Waals surface area contributed by atoms with Crippen LogP contribution in [0, 0.1) is 10.9 Å². The zero-order chi connectivity index (χ0) is 9.28. The van der Waals surface area contributed by atoms with Crippen LogP contribution in [0.2, 0.25) is 0 Å². The zero-order valence-corrected chi connectivity index (χ0v) is 9.40. The number of hydrogen-bond acceptors (Lipinski definition) is 3. The fourth-order valence-corrected chi connectivity index (χ4v) is 1.16. The van der Waals surface area contributed by atoms with Crippen LogP contribution in [0.4, 0.5) is 0 Å². The molecule has 11 heavy (non-hydrogen) atoms. The Hall–Kier alpha value is -0.220. The van der Waals surface area contributed by atoms with E-state index in [2.05, 4.69) is 10.2 Å². The Kier molecular flexibility index (Phi) is 11.9. The minimum atomic E-state index is 0.748. The summed E-state index contributed by atoms with van der Waals surface area (Å²) in [5.74, 6) is 0. The van der Waals surface area contributed by atoms with E-state index in [1.807, 2.05) is 34.6 Å². The minimum Gasteiger partial charge on any atom is -0.258 e. The molecule has 0 saturated heterocycles. The van der Waals surface area contributed by atoms with Crippen LogP contribution >= 0.6 is 23.6 Å². The summed E-state index contributed by atoms with van der Waals surface area (Å²) < 4.78 is 0.748. The smallest absolute Gasteiger partial charge is 0.176 e. The van der Waals surface area contributed by atoms with Crippen LogP contribution in [0.5, 0.6) is 0 Å². The molecule has 1 aromatic heterocycles. The van der Waals surface area contributed by atoms with Gasteiger partial charge in [-0.3, -0.25) is 5.10 Å². The van der Waals surface area contributed by atoms with Crippen molar-refractivity contribution in [2.24, 2.45) is 0 Å². The molecule has 0 aliphatic carbocycles. The van der Waals surface area contributed by atoms with Gasteiger partial charge in [-0.1, -0.05) is 39.0 Å². The third-order valence-corrected chi connectivity index (χ3v) is 1.55. The first-order valence-electron chi connectivity index (χ1n) is 3.81. The van der Waals surface area contributed by atoms with Gasteiger partial charge in [0, 0.05) is 0 Å². The van der Waals surface area contributed by atoms with Crippen molar-refractivity contribution in [3.8, 4) is 0 Å². The van der Waals surface area contributed by atoms with Crippen molar-refractivity contribution in [3.05, 3.63) is 8.96 Å². The maximum Gasteiger partial charge on any atom is 0.176 e. The SMILES string of the molecule is CC.CC.Cc1n[nH]c(=S)s1. The molecule has 0 radical (unpaired) electrons. The molecule has 1 rings (SSSR count). The summed E-state index contributed by atoms with van der Waals surface area (Å²) >= 11 is 6.22. The zero-order valence-electron chi connectivity index (χ0n) is 7.76. The normalized spacial score (nSPS) is 7.00. The van der Waals surface area contributed by atoms with Crippen LogP contribution in [-0.2, 0) is 0 Å². The summed E-state index contributed by atoms with van der Waals surface area (Å²) in [6.07, 6.45) is 0. The van der Waals surface area contributed by atoms with E-state index in [9.17, 15) is 0 Å². The van der Waals surface area contributed by atoms with Crippen molar-refractivity contribution >= 4 is 23.6 Å². The van der Waals surface area contributed by atoms with E-state index in [0.717, 1.165) is 8.96 Å². The first-order valence-corrected chi connectivity index (χ1v) is 5.03. The second-order valence-electron chi connectivity index (χ2n) is 1.13. The summed E-state index contributed by atoms with van der Waals surface area (Å²) in [4.78, 5) is 0. The Morgan fingerprint density at radius 2 is 1.73 bits per heavy atom. The highest BCUT2D eigenvalue weighted by molar-refractivity contribution is 7.73. The van der Waals surface area contributed by atoms with Gasteiger partial charge in [0.25, 0.3) is 0 Å². The fourth-order valence-electron chi connectivity index (χ4n) is 0.304.